The Morgan fingerprint density at radius 2 is 1.90 bits per heavy atom. The smallest absolute Gasteiger partial charge is 0.256 e. The average molecular weight is 428 g/mol. The van der Waals surface area contributed by atoms with E-state index in [4.69, 9.17) is 4.98 Å². The first kappa shape index (κ1) is 20.5. The van der Waals surface area contributed by atoms with E-state index in [0.717, 1.165) is 28.5 Å². The lowest BCUT2D eigenvalue weighted by Crippen LogP contribution is -2.23. The van der Waals surface area contributed by atoms with Gasteiger partial charge in [-0.05, 0) is 50.5 Å². The van der Waals surface area contributed by atoms with E-state index in [2.05, 4.69) is 10.4 Å². The standard InChI is InChI=1S/C21H25N5O3S/c1-12-6-9-15(10-18(12)30(28,29)25(3)4)22-21(27)16-11-17(14-7-8-14)23-20-19(16)13(2)24-26(20)5/h6,9-11,14H,7-8H2,1-5H3,(H,22,27). The fraction of sp³-hybridized carbons (Fsp3) is 0.381. The minimum atomic E-state index is -3.62. The van der Waals surface area contributed by atoms with Crippen molar-refractivity contribution in [1.29, 1.82) is 0 Å². The van der Waals surface area contributed by atoms with Crippen LogP contribution < -0.4 is 5.32 Å². The molecule has 4 rings (SSSR count). The molecule has 1 N–H and O–H groups in total. The number of carbonyl (C=O) groups is 1. The zero-order valence-corrected chi connectivity index (χ0v) is 18.5. The van der Waals surface area contributed by atoms with Crippen LogP contribution in [0.3, 0.4) is 0 Å². The maximum Gasteiger partial charge on any atom is 0.256 e. The molecule has 0 bridgehead atoms. The normalized spacial score (nSPS) is 14.5. The molecule has 3 aromatic rings. The number of hydrogen-bond donors (Lipinski definition) is 1. The van der Waals surface area contributed by atoms with Crippen molar-refractivity contribution in [3.63, 3.8) is 0 Å². The number of hydrogen-bond acceptors (Lipinski definition) is 5. The van der Waals surface area contributed by atoms with Crippen LogP contribution in [0.25, 0.3) is 11.0 Å². The molecule has 158 valence electrons. The Morgan fingerprint density at radius 1 is 1.20 bits per heavy atom. The Kier molecular flexibility index (Phi) is 4.90. The van der Waals surface area contributed by atoms with Crippen LogP contribution in [0.15, 0.2) is 29.2 Å². The van der Waals surface area contributed by atoms with Gasteiger partial charge < -0.3 is 5.32 Å². The van der Waals surface area contributed by atoms with Gasteiger partial charge in [-0.25, -0.2) is 17.7 Å². The van der Waals surface area contributed by atoms with E-state index < -0.39 is 10.0 Å². The van der Waals surface area contributed by atoms with Crippen molar-refractivity contribution in [1.82, 2.24) is 19.1 Å². The van der Waals surface area contributed by atoms with Crippen LogP contribution in [0.4, 0.5) is 5.69 Å². The zero-order chi connectivity index (χ0) is 21.8. The van der Waals surface area contributed by atoms with Crippen molar-refractivity contribution in [3.8, 4) is 0 Å². The first-order chi connectivity index (χ1) is 14.1. The molecule has 0 radical (unpaired) electrons. The lowest BCUT2D eigenvalue weighted by Gasteiger charge is -2.15. The fourth-order valence-electron chi connectivity index (χ4n) is 3.58. The highest BCUT2D eigenvalue weighted by Crippen LogP contribution is 2.40. The summed E-state index contributed by atoms with van der Waals surface area (Å²) in [5.41, 5.74) is 3.85. The van der Waals surface area contributed by atoms with Crippen molar-refractivity contribution in [3.05, 3.63) is 46.8 Å². The fourth-order valence-corrected chi connectivity index (χ4v) is 4.73. The third-order valence-corrected chi connectivity index (χ3v) is 7.39. The largest absolute Gasteiger partial charge is 0.322 e. The van der Waals surface area contributed by atoms with Gasteiger partial charge in [-0.1, -0.05) is 6.07 Å². The third kappa shape index (κ3) is 3.48. The molecule has 0 spiro atoms. The molecule has 1 fully saturated rings. The number of benzene rings is 1. The van der Waals surface area contributed by atoms with Gasteiger partial charge in [-0.3, -0.25) is 9.48 Å². The number of aryl methyl sites for hydroxylation is 3. The Morgan fingerprint density at radius 3 is 2.53 bits per heavy atom. The number of sulfonamides is 1. The van der Waals surface area contributed by atoms with Gasteiger partial charge in [0.1, 0.15) is 0 Å². The van der Waals surface area contributed by atoms with E-state index in [1.54, 1.807) is 23.7 Å². The molecule has 8 nitrogen and oxygen atoms in total. The van der Waals surface area contributed by atoms with Crippen molar-refractivity contribution in [2.75, 3.05) is 19.4 Å². The van der Waals surface area contributed by atoms with Crippen LogP contribution in [0.5, 0.6) is 0 Å². The van der Waals surface area contributed by atoms with Gasteiger partial charge in [0.05, 0.1) is 21.5 Å². The number of fused-ring (bicyclic) bond motifs is 1. The Bertz CT molecular complexity index is 1270. The summed E-state index contributed by atoms with van der Waals surface area (Å²) in [7, 11) is 1.17. The number of pyridine rings is 1. The highest BCUT2D eigenvalue weighted by molar-refractivity contribution is 7.89. The summed E-state index contributed by atoms with van der Waals surface area (Å²) in [6.45, 7) is 3.58. The number of rotatable bonds is 5. The first-order valence-electron chi connectivity index (χ1n) is 9.78. The molecule has 2 aromatic heterocycles. The molecule has 0 saturated heterocycles. The molecular weight excluding hydrogens is 402 g/mol. The lowest BCUT2D eigenvalue weighted by molar-refractivity contribution is 0.102. The minimum absolute atomic E-state index is 0.168. The van der Waals surface area contributed by atoms with Crippen LogP contribution in [0.2, 0.25) is 0 Å². The lowest BCUT2D eigenvalue weighted by atomic mass is 10.1. The molecule has 30 heavy (non-hydrogen) atoms. The van der Waals surface area contributed by atoms with Gasteiger partial charge in [-0.15, -0.1) is 0 Å². The molecule has 2 heterocycles. The van der Waals surface area contributed by atoms with Gasteiger partial charge in [0, 0.05) is 38.4 Å². The number of nitrogens with zero attached hydrogens (tertiary/aromatic N) is 4. The minimum Gasteiger partial charge on any atom is -0.322 e. The average Bonchev–Trinajstić information content (AvgIpc) is 3.49. The predicted molar refractivity (Wildman–Crippen MR) is 115 cm³/mol. The number of carbonyl (C=O) groups excluding carboxylic acids is 1. The molecule has 0 aliphatic heterocycles. The molecule has 1 amide bonds. The summed E-state index contributed by atoms with van der Waals surface area (Å²) in [5, 5.41) is 8.01. The summed E-state index contributed by atoms with van der Waals surface area (Å²) in [6.07, 6.45) is 2.14. The summed E-state index contributed by atoms with van der Waals surface area (Å²) >= 11 is 0. The number of amides is 1. The second-order valence-electron chi connectivity index (χ2n) is 8.00. The van der Waals surface area contributed by atoms with E-state index in [-0.39, 0.29) is 10.8 Å². The molecule has 0 unspecified atom stereocenters. The van der Waals surface area contributed by atoms with Crippen molar-refractivity contribution < 1.29 is 13.2 Å². The summed E-state index contributed by atoms with van der Waals surface area (Å²) < 4.78 is 28.1. The Hall–Kier alpha value is -2.78. The van der Waals surface area contributed by atoms with Crippen molar-refractivity contribution >= 4 is 32.7 Å². The predicted octanol–water partition coefficient (Wildman–Crippen LogP) is 2.97. The molecule has 1 aliphatic carbocycles. The van der Waals surface area contributed by atoms with Crippen LogP contribution in [0, 0.1) is 13.8 Å². The van der Waals surface area contributed by atoms with Gasteiger partial charge in [0.25, 0.3) is 5.91 Å². The molecule has 0 atom stereocenters. The molecule has 1 aliphatic rings. The highest BCUT2D eigenvalue weighted by Gasteiger charge is 2.28. The van der Waals surface area contributed by atoms with Crippen LogP contribution in [0.1, 0.15) is 46.1 Å². The molecule has 9 heteroatoms. The van der Waals surface area contributed by atoms with Gasteiger partial charge >= 0.3 is 0 Å². The van der Waals surface area contributed by atoms with E-state index in [0.29, 0.717) is 33.8 Å². The molecule has 1 saturated carbocycles. The first-order valence-corrected chi connectivity index (χ1v) is 11.2. The van der Waals surface area contributed by atoms with E-state index in [1.807, 2.05) is 20.0 Å². The Balaban J connectivity index is 1.76. The van der Waals surface area contributed by atoms with Crippen LogP contribution >= 0.6 is 0 Å². The van der Waals surface area contributed by atoms with E-state index in [1.165, 1.54) is 20.2 Å². The number of nitrogens with one attached hydrogen (secondary N) is 1. The zero-order valence-electron chi connectivity index (χ0n) is 17.7. The third-order valence-electron chi connectivity index (χ3n) is 5.43. The molecule has 1 aromatic carbocycles. The van der Waals surface area contributed by atoms with Crippen molar-refractivity contribution in [2.24, 2.45) is 7.05 Å². The number of aromatic nitrogens is 3. The van der Waals surface area contributed by atoms with Gasteiger partial charge in [-0.2, -0.15) is 5.10 Å². The van der Waals surface area contributed by atoms with Gasteiger partial charge in [0.15, 0.2) is 5.65 Å². The Labute approximate surface area is 176 Å². The maximum absolute atomic E-state index is 13.2. The highest BCUT2D eigenvalue weighted by atomic mass is 32.2. The van der Waals surface area contributed by atoms with Crippen LogP contribution in [-0.4, -0.2) is 47.5 Å². The number of anilines is 1. The summed E-state index contributed by atoms with van der Waals surface area (Å²) in [4.78, 5) is 18.1. The summed E-state index contributed by atoms with van der Waals surface area (Å²) in [5.74, 6) is 0.0739. The van der Waals surface area contributed by atoms with Crippen LogP contribution in [-0.2, 0) is 17.1 Å². The quantitative estimate of drug-likeness (QED) is 0.675. The summed E-state index contributed by atoms with van der Waals surface area (Å²) in [6, 6.07) is 6.74. The van der Waals surface area contributed by atoms with Crippen molar-refractivity contribution in [2.45, 2.75) is 37.5 Å². The topological polar surface area (TPSA) is 97.2 Å². The molecular formula is C21H25N5O3S. The van der Waals surface area contributed by atoms with E-state index >= 15 is 0 Å². The SMILES string of the molecule is Cc1ccc(NC(=O)c2cc(C3CC3)nc3c2c(C)nn3C)cc1S(=O)(=O)N(C)C. The van der Waals surface area contributed by atoms with Gasteiger partial charge in [0.2, 0.25) is 10.0 Å². The monoisotopic (exact) mass is 427 g/mol. The maximum atomic E-state index is 13.2. The second-order valence-corrected chi connectivity index (χ2v) is 10.1. The second kappa shape index (κ2) is 7.17. The van der Waals surface area contributed by atoms with E-state index in [9.17, 15) is 13.2 Å².